The molecule has 0 spiro atoms. The Morgan fingerprint density at radius 1 is 1.60 bits per heavy atom. The molecule has 1 aromatic heterocycles. The summed E-state index contributed by atoms with van der Waals surface area (Å²) < 4.78 is 1.26. The highest BCUT2D eigenvalue weighted by molar-refractivity contribution is 5.92. The minimum absolute atomic E-state index is 0.0520. The van der Waals surface area contributed by atoms with Crippen LogP contribution in [0.4, 0.5) is 0 Å². The number of amides is 1. The Balaban J connectivity index is 2.14. The van der Waals surface area contributed by atoms with Gasteiger partial charge in [-0.1, -0.05) is 13.3 Å². The van der Waals surface area contributed by atoms with Crippen LogP contribution in [0.1, 0.15) is 43.6 Å². The highest BCUT2D eigenvalue weighted by Gasteiger charge is 2.39. The Hall–Kier alpha value is -1.69. The lowest BCUT2D eigenvalue weighted by molar-refractivity contribution is 0.0823. The molecular weight excluding hydrogens is 258 g/mol. The molecule has 1 amide bonds. The van der Waals surface area contributed by atoms with Gasteiger partial charge in [0.15, 0.2) is 0 Å². The second-order valence-electron chi connectivity index (χ2n) is 5.60. The number of aliphatic hydroxyl groups is 1. The van der Waals surface area contributed by atoms with E-state index in [0.717, 1.165) is 19.3 Å². The van der Waals surface area contributed by atoms with Gasteiger partial charge in [-0.05, 0) is 25.8 Å². The van der Waals surface area contributed by atoms with Crippen LogP contribution in [0.5, 0.6) is 0 Å². The molecule has 2 N–H and O–H groups in total. The van der Waals surface area contributed by atoms with Crippen molar-refractivity contribution in [3.63, 3.8) is 0 Å². The number of aromatic nitrogens is 2. The van der Waals surface area contributed by atoms with E-state index in [9.17, 15) is 14.7 Å². The lowest BCUT2D eigenvalue weighted by atomic mass is 9.86. The summed E-state index contributed by atoms with van der Waals surface area (Å²) in [7, 11) is 0. The lowest BCUT2D eigenvalue weighted by Gasteiger charge is -2.29. The predicted molar refractivity (Wildman–Crippen MR) is 74.5 cm³/mol. The number of aliphatic hydroxyl groups excluding tert-OH is 1. The maximum atomic E-state index is 12.2. The molecule has 0 radical (unpaired) electrons. The number of hydrogen-bond acceptors (Lipinski definition) is 4. The fraction of sp³-hybridized carbons (Fsp3) is 0.643. The van der Waals surface area contributed by atoms with Gasteiger partial charge >= 0.3 is 0 Å². The third-order valence-corrected chi connectivity index (χ3v) is 4.15. The Labute approximate surface area is 117 Å². The molecule has 2 unspecified atom stereocenters. The molecule has 0 saturated heterocycles. The summed E-state index contributed by atoms with van der Waals surface area (Å²) in [6, 6.07) is 2.74. The molecule has 1 aliphatic carbocycles. The van der Waals surface area contributed by atoms with E-state index in [1.165, 1.54) is 16.8 Å². The first-order valence-corrected chi connectivity index (χ1v) is 7.00. The van der Waals surface area contributed by atoms with Gasteiger partial charge in [-0.2, -0.15) is 5.10 Å². The molecule has 1 saturated carbocycles. The first-order valence-electron chi connectivity index (χ1n) is 7.00. The van der Waals surface area contributed by atoms with Crippen molar-refractivity contribution in [2.24, 2.45) is 5.41 Å². The van der Waals surface area contributed by atoms with Gasteiger partial charge in [0, 0.05) is 24.1 Å². The summed E-state index contributed by atoms with van der Waals surface area (Å²) in [6.45, 7) is 4.26. The molecule has 110 valence electrons. The number of aryl methyl sites for hydroxylation is 1. The first-order chi connectivity index (χ1) is 9.50. The van der Waals surface area contributed by atoms with Gasteiger partial charge in [0.25, 0.3) is 11.5 Å². The fourth-order valence-electron chi connectivity index (χ4n) is 2.70. The van der Waals surface area contributed by atoms with Crippen LogP contribution in [0.2, 0.25) is 0 Å². The van der Waals surface area contributed by atoms with E-state index < -0.39 is 0 Å². The van der Waals surface area contributed by atoms with Gasteiger partial charge in [0.1, 0.15) is 5.69 Å². The maximum Gasteiger partial charge on any atom is 0.271 e. The van der Waals surface area contributed by atoms with Crippen molar-refractivity contribution in [1.29, 1.82) is 0 Å². The van der Waals surface area contributed by atoms with Crippen LogP contribution in [-0.2, 0) is 6.54 Å². The van der Waals surface area contributed by atoms with Crippen LogP contribution < -0.4 is 10.9 Å². The molecule has 6 nitrogen and oxygen atoms in total. The van der Waals surface area contributed by atoms with Crippen LogP contribution in [0, 0.1) is 5.41 Å². The monoisotopic (exact) mass is 279 g/mol. The molecule has 2 rings (SSSR count). The molecule has 6 heteroatoms. The molecule has 1 heterocycles. The Morgan fingerprint density at radius 3 is 3.00 bits per heavy atom. The van der Waals surface area contributed by atoms with Crippen molar-refractivity contribution in [3.8, 4) is 0 Å². The van der Waals surface area contributed by atoms with E-state index in [0.29, 0.717) is 6.54 Å². The van der Waals surface area contributed by atoms with E-state index in [4.69, 9.17) is 0 Å². The second-order valence-corrected chi connectivity index (χ2v) is 5.60. The molecular formula is C14H21N3O3. The topological polar surface area (TPSA) is 84.2 Å². The van der Waals surface area contributed by atoms with Gasteiger partial charge in [0.2, 0.25) is 0 Å². The van der Waals surface area contributed by atoms with Crippen molar-refractivity contribution >= 4 is 5.91 Å². The summed E-state index contributed by atoms with van der Waals surface area (Å²) in [4.78, 5) is 23.7. The molecule has 2 atom stereocenters. The van der Waals surface area contributed by atoms with E-state index in [2.05, 4.69) is 10.4 Å². The molecule has 0 aromatic carbocycles. The summed E-state index contributed by atoms with van der Waals surface area (Å²) >= 11 is 0. The fourth-order valence-corrected chi connectivity index (χ4v) is 2.70. The van der Waals surface area contributed by atoms with E-state index in [1.54, 1.807) is 6.92 Å². The second kappa shape index (κ2) is 5.75. The van der Waals surface area contributed by atoms with Crippen molar-refractivity contribution < 1.29 is 9.90 Å². The number of nitrogens with zero attached hydrogens (tertiary/aromatic N) is 2. The van der Waals surface area contributed by atoms with Gasteiger partial charge in [-0.3, -0.25) is 9.59 Å². The van der Waals surface area contributed by atoms with Gasteiger partial charge in [-0.15, -0.1) is 0 Å². The predicted octanol–water partition coefficient (Wildman–Crippen LogP) is 0.544. The smallest absolute Gasteiger partial charge is 0.271 e. The normalized spacial score (nSPS) is 25.6. The average molecular weight is 279 g/mol. The van der Waals surface area contributed by atoms with Crippen LogP contribution in [0.15, 0.2) is 16.9 Å². The SMILES string of the molecule is CCn1nc(C(=O)NC2CCCC2(C)CO)ccc1=O. The van der Waals surface area contributed by atoms with Crippen molar-refractivity contribution in [2.75, 3.05) is 6.61 Å². The number of carbonyl (C=O) groups excluding carboxylic acids is 1. The number of rotatable bonds is 4. The summed E-state index contributed by atoms with van der Waals surface area (Å²) in [5.41, 5.74) is -0.252. The molecule has 0 aliphatic heterocycles. The van der Waals surface area contributed by atoms with Crippen molar-refractivity contribution in [2.45, 2.75) is 45.7 Å². The minimum atomic E-state index is -0.293. The Bertz CT molecular complexity index is 555. The third-order valence-electron chi connectivity index (χ3n) is 4.15. The average Bonchev–Trinajstić information content (AvgIpc) is 2.81. The van der Waals surface area contributed by atoms with Crippen molar-refractivity contribution in [3.05, 3.63) is 28.2 Å². The van der Waals surface area contributed by atoms with Crippen molar-refractivity contribution in [1.82, 2.24) is 15.1 Å². The Kier molecular flexibility index (Phi) is 4.23. The molecule has 1 aliphatic rings. The number of hydrogen-bond donors (Lipinski definition) is 2. The van der Waals surface area contributed by atoms with Crippen LogP contribution >= 0.6 is 0 Å². The number of nitrogens with one attached hydrogen (secondary N) is 1. The zero-order valence-corrected chi connectivity index (χ0v) is 11.9. The van der Waals surface area contributed by atoms with Gasteiger partial charge in [-0.25, -0.2) is 4.68 Å². The highest BCUT2D eigenvalue weighted by atomic mass is 16.3. The summed E-state index contributed by atoms with van der Waals surface area (Å²) in [5, 5.41) is 16.5. The molecule has 20 heavy (non-hydrogen) atoms. The van der Waals surface area contributed by atoms with Crippen LogP contribution in [0.3, 0.4) is 0 Å². The van der Waals surface area contributed by atoms with E-state index in [-0.39, 0.29) is 35.2 Å². The van der Waals surface area contributed by atoms with E-state index in [1.807, 2.05) is 6.92 Å². The van der Waals surface area contributed by atoms with Gasteiger partial charge in [0.05, 0.1) is 6.61 Å². The highest BCUT2D eigenvalue weighted by Crippen LogP contribution is 2.37. The quantitative estimate of drug-likeness (QED) is 0.842. The third kappa shape index (κ3) is 2.75. The maximum absolute atomic E-state index is 12.2. The van der Waals surface area contributed by atoms with E-state index >= 15 is 0 Å². The molecule has 0 bridgehead atoms. The first kappa shape index (κ1) is 14.7. The van der Waals surface area contributed by atoms with Crippen LogP contribution in [-0.4, -0.2) is 33.4 Å². The van der Waals surface area contributed by atoms with Crippen LogP contribution in [0.25, 0.3) is 0 Å². The summed E-state index contributed by atoms with van der Waals surface area (Å²) in [5.74, 6) is -0.293. The molecule has 1 aromatic rings. The standard InChI is InChI=1S/C14H21N3O3/c1-3-17-12(19)7-6-10(16-17)13(20)15-11-5-4-8-14(11,2)9-18/h6-7,11,18H,3-5,8-9H2,1-2H3,(H,15,20). The Morgan fingerprint density at radius 2 is 2.35 bits per heavy atom. The van der Waals surface area contributed by atoms with Gasteiger partial charge < -0.3 is 10.4 Å². The summed E-state index contributed by atoms with van der Waals surface area (Å²) in [6.07, 6.45) is 2.75. The minimum Gasteiger partial charge on any atom is -0.396 e. The largest absolute Gasteiger partial charge is 0.396 e. The molecule has 1 fully saturated rings. The number of carbonyl (C=O) groups is 1. The zero-order chi connectivity index (χ0) is 14.8. The lowest BCUT2D eigenvalue weighted by Crippen LogP contribution is -2.45. The zero-order valence-electron chi connectivity index (χ0n) is 11.9.